The van der Waals surface area contributed by atoms with Crippen LogP contribution in [0.2, 0.25) is 5.02 Å². The number of halogens is 2. The number of rotatable bonds is 6. The molecule has 0 bridgehead atoms. The van der Waals surface area contributed by atoms with Gasteiger partial charge in [0.15, 0.2) is 11.5 Å². The van der Waals surface area contributed by atoms with Gasteiger partial charge >= 0.3 is 0 Å². The molecule has 0 aliphatic carbocycles. The zero-order valence-corrected chi connectivity index (χ0v) is 17.7. The van der Waals surface area contributed by atoms with Crippen molar-refractivity contribution in [1.29, 1.82) is 5.41 Å². The molecule has 160 valence electrons. The van der Waals surface area contributed by atoms with Crippen molar-refractivity contribution in [2.75, 3.05) is 5.32 Å². The average molecular weight is 449 g/mol. The highest BCUT2D eigenvalue weighted by molar-refractivity contribution is 6.30. The van der Waals surface area contributed by atoms with Crippen molar-refractivity contribution in [1.82, 2.24) is 19.6 Å². The first-order valence-electron chi connectivity index (χ1n) is 9.60. The molecule has 4 aromatic rings. The van der Waals surface area contributed by atoms with Gasteiger partial charge in [-0.05, 0) is 49.4 Å². The highest BCUT2D eigenvalue weighted by atomic mass is 35.5. The van der Waals surface area contributed by atoms with E-state index in [1.54, 1.807) is 66.5 Å². The number of allylic oxidation sites excluding steroid dienone is 1. The second-order valence-corrected chi connectivity index (χ2v) is 7.37. The van der Waals surface area contributed by atoms with Crippen LogP contribution in [-0.2, 0) is 0 Å². The number of hydrogen-bond acceptors (Lipinski definition) is 5. The fourth-order valence-electron chi connectivity index (χ4n) is 3.08. The van der Waals surface area contributed by atoms with Crippen LogP contribution in [0.1, 0.15) is 12.6 Å². The van der Waals surface area contributed by atoms with E-state index in [-0.39, 0.29) is 22.5 Å². The predicted octanol–water partition coefficient (Wildman–Crippen LogP) is 4.70. The van der Waals surface area contributed by atoms with Gasteiger partial charge in [-0.2, -0.15) is 10.2 Å². The van der Waals surface area contributed by atoms with Gasteiger partial charge in [0, 0.05) is 47.1 Å². The van der Waals surface area contributed by atoms with Gasteiger partial charge in [-0.25, -0.2) is 13.8 Å². The summed E-state index contributed by atoms with van der Waals surface area (Å²) < 4.78 is 17.7. The summed E-state index contributed by atoms with van der Waals surface area (Å²) in [6.07, 6.45) is 6.19. The number of hydrogen-bond donors (Lipinski definition) is 2. The second kappa shape index (κ2) is 8.99. The maximum atomic E-state index is 14.9. The van der Waals surface area contributed by atoms with E-state index in [0.717, 1.165) is 0 Å². The molecule has 7 nitrogen and oxygen atoms in total. The van der Waals surface area contributed by atoms with Crippen LogP contribution in [0, 0.1) is 11.2 Å². The van der Waals surface area contributed by atoms with E-state index in [2.05, 4.69) is 15.5 Å². The summed E-state index contributed by atoms with van der Waals surface area (Å²) in [5.41, 5.74) is 1.51. The minimum absolute atomic E-state index is 0.0367. The molecule has 0 saturated heterocycles. The first kappa shape index (κ1) is 21.2. The Morgan fingerprint density at radius 1 is 1.12 bits per heavy atom. The molecule has 2 aromatic carbocycles. The molecular weight excluding hydrogens is 431 g/mol. The lowest BCUT2D eigenvalue weighted by Crippen LogP contribution is -2.19. The molecule has 0 aliphatic heterocycles. The molecule has 2 heterocycles. The molecule has 0 saturated carbocycles. The van der Waals surface area contributed by atoms with Gasteiger partial charge in [-0.3, -0.25) is 4.79 Å². The van der Waals surface area contributed by atoms with Gasteiger partial charge in [0.25, 0.3) is 0 Å². The summed E-state index contributed by atoms with van der Waals surface area (Å²) in [7, 11) is 0. The Balaban J connectivity index is 1.75. The van der Waals surface area contributed by atoms with E-state index < -0.39 is 5.82 Å². The lowest BCUT2D eigenvalue weighted by atomic mass is 10.2. The van der Waals surface area contributed by atoms with Gasteiger partial charge in [-0.15, -0.1) is 0 Å². The molecule has 9 heteroatoms. The fraction of sp³-hybridized carbons (Fsp3) is 0.0435. The Morgan fingerprint density at radius 3 is 2.66 bits per heavy atom. The standard InChI is InChI=1S/C23H18ClFN6O/c1-15(26)12-20(28-17-5-2-4-16(24)13-17)23-22(32)8-11-31(29-23)21-7-6-18(14-19(21)25)30-10-3-9-27-30/h2-14,26,28H,1H3/b20-12-,26-15?. The predicted molar refractivity (Wildman–Crippen MR) is 123 cm³/mol. The fourth-order valence-corrected chi connectivity index (χ4v) is 3.27. The topological polar surface area (TPSA) is 88.6 Å². The third kappa shape index (κ3) is 4.65. The van der Waals surface area contributed by atoms with Crippen LogP contribution in [0.25, 0.3) is 17.1 Å². The molecular formula is C23H18ClFN6O. The molecule has 0 spiro atoms. The highest BCUT2D eigenvalue weighted by Crippen LogP contribution is 2.21. The minimum atomic E-state index is -0.531. The lowest BCUT2D eigenvalue weighted by Gasteiger charge is -2.13. The first-order valence-corrected chi connectivity index (χ1v) is 9.98. The van der Waals surface area contributed by atoms with Gasteiger partial charge in [0.2, 0.25) is 5.43 Å². The first-order chi connectivity index (χ1) is 15.4. The number of benzene rings is 2. The molecule has 2 N–H and O–H groups in total. The molecule has 2 aromatic heterocycles. The van der Waals surface area contributed by atoms with Crippen molar-refractivity contribution < 1.29 is 4.39 Å². The van der Waals surface area contributed by atoms with Crippen LogP contribution in [0.4, 0.5) is 10.1 Å². The maximum absolute atomic E-state index is 14.9. The van der Waals surface area contributed by atoms with Crippen molar-refractivity contribution in [3.63, 3.8) is 0 Å². The van der Waals surface area contributed by atoms with Gasteiger partial charge in [0.1, 0.15) is 5.69 Å². The Bertz CT molecular complexity index is 1380. The van der Waals surface area contributed by atoms with Crippen LogP contribution >= 0.6 is 11.6 Å². The molecule has 4 rings (SSSR count). The molecule has 0 radical (unpaired) electrons. The van der Waals surface area contributed by atoms with Crippen molar-refractivity contribution in [3.05, 3.63) is 106 Å². The Labute approximate surface area is 187 Å². The zero-order valence-electron chi connectivity index (χ0n) is 17.0. The SMILES string of the molecule is CC(=N)/C=C(\Nc1cccc(Cl)c1)c1nn(-c2ccc(-n3cccn3)cc2F)ccc1=O. The normalized spacial score (nSPS) is 11.4. The largest absolute Gasteiger partial charge is 0.353 e. The lowest BCUT2D eigenvalue weighted by molar-refractivity contribution is 0.605. The summed E-state index contributed by atoms with van der Waals surface area (Å²) in [6.45, 7) is 1.58. The van der Waals surface area contributed by atoms with E-state index >= 15 is 0 Å². The third-order valence-electron chi connectivity index (χ3n) is 4.47. The number of aromatic nitrogens is 4. The van der Waals surface area contributed by atoms with E-state index in [1.807, 2.05) is 0 Å². The zero-order chi connectivity index (χ0) is 22.7. The molecule has 0 amide bonds. The number of anilines is 1. The van der Waals surface area contributed by atoms with Crippen LogP contribution in [0.15, 0.2) is 84.1 Å². The summed E-state index contributed by atoms with van der Waals surface area (Å²) in [6, 6.07) is 14.6. The van der Waals surface area contributed by atoms with Crippen LogP contribution in [-0.4, -0.2) is 25.3 Å². The van der Waals surface area contributed by atoms with E-state index in [1.165, 1.54) is 29.1 Å². The molecule has 0 unspecified atom stereocenters. The van der Waals surface area contributed by atoms with Crippen molar-refractivity contribution in [2.24, 2.45) is 0 Å². The van der Waals surface area contributed by atoms with Crippen molar-refractivity contribution >= 4 is 28.7 Å². The summed E-state index contributed by atoms with van der Waals surface area (Å²) in [5.74, 6) is -0.531. The van der Waals surface area contributed by atoms with Crippen molar-refractivity contribution in [2.45, 2.75) is 6.92 Å². The molecule has 0 fully saturated rings. The Kier molecular flexibility index (Phi) is 5.96. The van der Waals surface area contributed by atoms with E-state index in [9.17, 15) is 9.18 Å². The van der Waals surface area contributed by atoms with Crippen molar-refractivity contribution in [3.8, 4) is 11.4 Å². The minimum Gasteiger partial charge on any atom is -0.353 e. The maximum Gasteiger partial charge on any atom is 0.209 e. The Hall–Kier alpha value is -4.04. The third-order valence-corrected chi connectivity index (χ3v) is 4.71. The van der Waals surface area contributed by atoms with Crippen LogP contribution < -0.4 is 10.7 Å². The van der Waals surface area contributed by atoms with Crippen LogP contribution in [0.3, 0.4) is 0 Å². The number of nitrogens with zero attached hydrogens (tertiary/aromatic N) is 4. The second-order valence-electron chi connectivity index (χ2n) is 6.94. The quantitative estimate of drug-likeness (QED) is 0.418. The molecule has 0 atom stereocenters. The highest BCUT2D eigenvalue weighted by Gasteiger charge is 2.14. The summed E-state index contributed by atoms with van der Waals surface area (Å²) in [5, 5.41) is 19.9. The van der Waals surface area contributed by atoms with E-state index in [0.29, 0.717) is 22.1 Å². The average Bonchev–Trinajstić information content (AvgIpc) is 3.28. The molecule has 0 aliphatic rings. The van der Waals surface area contributed by atoms with Crippen LogP contribution in [0.5, 0.6) is 0 Å². The smallest absolute Gasteiger partial charge is 0.209 e. The monoisotopic (exact) mass is 448 g/mol. The number of nitrogens with one attached hydrogen (secondary N) is 2. The van der Waals surface area contributed by atoms with Gasteiger partial charge < -0.3 is 10.7 Å². The summed E-state index contributed by atoms with van der Waals surface area (Å²) >= 11 is 6.05. The Morgan fingerprint density at radius 2 is 1.97 bits per heavy atom. The van der Waals surface area contributed by atoms with Gasteiger partial charge in [0.05, 0.1) is 11.4 Å². The van der Waals surface area contributed by atoms with E-state index in [4.69, 9.17) is 17.0 Å². The van der Waals surface area contributed by atoms with Gasteiger partial charge in [-0.1, -0.05) is 17.7 Å². The molecule has 32 heavy (non-hydrogen) atoms. The summed E-state index contributed by atoms with van der Waals surface area (Å²) in [4.78, 5) is 12.6.